The maximum Gasteiger partial charge on any atom is 0.272 e. The number of aromatic nitrogens is 3. The minimum absolute atomic E-state index is 0.102. The van der Waals surface area contributed by atoms with Crippen LogP contribution in [0.15, 0.2) is 35.1 Å². The molecule has 0 saturated carbocycles. The smallest absolute Gasteiger partial charge is 0.272 e. The van der Waals surface area contributed by atoms with Gasteiger partial charge in [0.15, 0.2) is 0 Å². The van der Waals surface area contributed by atoms with E-state index in [1.54, 1.807) is 30.4 Å². The van der Waals surface area contributed by atoms with Gasteiger partial charge in [-0.25, -0.2) is 9.97 Å². The zero-order valence-electron chi connectivity index (χ0n) is 14.9. The van der Waals surface area contributed by atoms with Gasteiger partial charge in [-0.2, -0.15) is 0 Å². The fraction of sp³-hybridized carbons (Fsp3) is 0.263. The third-order valence-electron chi connectivity index (χ3n) is 4.69. The Hall–Kier alpha value is -2.58. The van der Waals surface area contributed by atoms with E-state index in [2.05, 4.69) is 30.9 Å². The van der Waals surface area contributed by atoms with Crippen LogP contribution in [-0.2, 0) is 17.9 Å². The summed E-state index contributed by atoms with van der Waals surface area (Å²) in [5, 5.41) is 0.858. The number of ether oxygens (including phenoxy) is 1. The molecule has 2 N–H and O–H groups in total. The summed E-state index contributed by atoms with van der Waals surface area (Å²) in [4.78, 5) is 27.4. The third kappa shape index (κ3) is 3.26. The molecular weight excluding hydrogens is 410 g/mol. The van der Waals surface area contributed by atoms with E-state index >= 15 is 0 Å². The van der Waals surface area contributed by atoms with Crippen molar-refractivity contribution in [1.29, 1.82) is 0 Å². The molecule has 3 aromatic rings. The molecule has 1 atom stereocenters. The lowest BCUT2D eigenvalue weighted by Crippen LogP contribution is -2.27. The van der Waals surface area contributed by atoms with Crippen molar-refractivity contribution in [2.75, 3.05) is 12.8 Å². The molecular formula is C19H18BrN5O2. The largest absolute Gasteiger partial charge is 0.383 e. The van der Waals surface area contributed by atoms with Crippen LogP contribution in [0.3, 0.4) is 0 Å². The number of hydrogen-bond donors (Lipinski definition) is 1. The van der Waals surface area contributed by atoms with Gasteiger partial charge < -0.3 is 15.4 Å². The Morgan fingerprint density at radius 3 is 2.93 bits per heavy atom. The van der Waals surface area contributed by atoms with E-state index in [-0.39, 0.29) is 12.0 Å². The predicted octanol–water partition coefficient (Wildman–Crippen LogP) is 3.23. The topological polar surface area (TPSA) is 94.2 Å². The third-order valence-corrected chi connectivity index (χ3v) is 5.16. The lowest BCUT2D eigenvalue weighted by Gasteiger charge is -2.17. The van der Waals surface area contributed by atoms with Crippen molar-refractivity contribution in [2.24, 2.45) is 0 Å². The highest BCUT2D eigenvalue weighted by Crippen LogP contribution is 2.37. The molecule has 1 aliphatic rings. The average Bonchev–Trinajstić information content (AvgIpc) is 3.05. The van der Waals surface area contributed by atoms with Crippen molar-refractivity contribution in [2.45, 2.75) is 26.2 Å². The van der Waals surface area contributed by atoms with Crippen molar-refractivity contribution >= 4 is 38.6 Å². The summed E-state index contributed by atoms with van der Waals surface area (Å²) >= 11 is 3.36. The van der Waals surface area contributed by atoms with Crippen molar-refractivity contribution in [3.05, 3.63) is 57.6 Å². The highest BCUT2D eigenvalue weighted by Gasteiger charge is 2.26. The molecule has 138 valence electrons. The van der Waals surface area contributed by atoms with Crippen LogP contribution >= 0.6 is 15.9 Å². The molecule has 0 bridgehead atoms. The van der Waals surface area contributed by atoms with Gasteiger partial charge in [0.1, 0.15) is 11.5 Å². The van der Waals surface area contributed by atoms with Crippen LogP contribution in [0.2, 0.25) is 0 Å². The molecule has 1 aliphatic heterocycles. The van der Waals surface area contributed by atoms with E-state index in [0.717, 1.165) is 26.7 Å². The second-order valence-electron chi connectivity index (χ2n) is 6.56. The van der Waals surface area contributed by atoms with Crippen LogP contribution in [0.5, 0.6) is 0 Å². The zero-order chi connectivity index (χ0) is 19.1. The van der Waals surface area contributed by atoms with Crippen LogP contribution in [0.1, 0.15) is 40.3 Å². The molecule has 8 heteroatoms. The Morgan fingerprint density at radius 1 is 1.37 bits per heavy atom. The van der Waals surface area contributed by atoms with E-state index < -0.39 is 0 Å². The molecule has 0 spiro atoms. The molecule has 7 nitrogen and oxygen atoms in total. The van der Waals surface area contributed by atoms with E-state index in [1.165, 1.54) is 0 Å². The quantitative estimate of drug-likeness (QED) is 0.689. The second-order valence-corrected chi connectivity index (χ2v) is 7.47. The number of nitrogen functional groups attached to an aromatic ring is 1. The molecule has 0 aliphatic carbocycles. The van der Waals surface area contributed by atoms with Crippen LogP contribution < -0.4 is 5.73 Å². The number of amides is 1. The van der Waals surface area contributed by atoms with Crippen molar-refractivity contribution in [3.8, 4) is 0 Å². The van der Waals surface area contributed by atoms with Crippen LogP contribution in [0, 0.1) is 0 Å². The van der Waals surface area contributed by atoms with Crippen LogP contribution in [0.4, 0.5) is 5.82 Å². The first-order chi connectivity index (χ1) is 12.9. The minimum atomic E-state index is -0.181. The van der Waals surface area contributed by atoms with Crippen molar-refractivity contribution < 1.29 is 9.53 Å². The van der Waals surface area contributed by atoms with Gasteiger partial charge in [-0.15, -0.1) is 0 Å². The number of anilines is 1. The van der Waals surface area contributed by atoms with Gasteiger partial charge in [0, 0.05) is 28.7 Å². The molecule has 3 aromatic heterocycles. The summed E-state index contributed by atoms with van der Waals surface area (Å²) in [6.45, 7) is 2.79. The number of nitrogens with zero attached hydrogens (tertiary/aromatic N) is 4. The molecule has 0 saturated heterocycles. The number of fused-ring (bicyclic) bond motifs is 3. The van der Waals surface area contributed by atoms with Gasteiger partial charge in [-0.05, 0) is 46.6 Å². The Morgan fingerprint density at radius 2 is 2.19 bits per heavy atom. The summed E-state index contributed by atoms with van der Waals surface area (Å²) in [5.74, 6) is 0.279. The SMILES string of the molecule is C[C@@H]1OCc2c1c(N)nc1cnc(C(=O)N(C)Cc3ccc(Br)cn3)cc21. The number of nitrogens with two attached hydrogens (primary N) is 1. The van der Waals surface area contributed by atoms with Crippen molar-refractivity contribution in [1.82, 2.24) is 19.9 Å². The van der Waals surface area contributed by atoms with Crippen molar-refractivity contribution in [3.63, 3.8) is 0 Å². The normalized spacial score (nSPS) is 15.7. The number of carbonyl (C=O) groups is 1. The first kappa shape index (κ1) is 17.8. The summed E-state index contributed by atoms with van der Waals surface area (Å²) in [6, 6.07) is 5.55. The number of pyridine rings is 3. The zero-order valence-corrected chi connectivity index (χ0v) is 16.5. The Kier molecular flexibility index (Phi) is 4.53. The van der Waals surface area contributed by atoms with E-state index in [4.69, 9.17) is 10.5 Å². The van der Waals surface area contributed by atoms with E-state index in [0.29, 0.717) is 30.2 Å². The van der Waals surface area contributed by atoms with Gasteiger partial charge in [-0.1, -0.05) is 0 Å². The van der Waals surface area contributed by atoms with Crippen LogP contribution in [0.25, 0.3) is 10.9 Å². The molecule has 4 heterocycles. The van der Waals surface area contributed by atoms with Crippen LogP contribution in [-0.4, -0.2) is 32.8 Å². The average molecular weight is 428 g/mol. The fourth-order valence-electron chi connectivity index (χ4n) is 3.30. The number of rotatable bonds is 3. The highest BCUT2D eigenvalue weighted by molar-refractivity contribution is 9.10. The fourth-order valence-corrected chi connectivity index (χ4v) is 3.53. The standard InChI is InChI=1S/C19H18BrN5O2/c1-10-17-14(9-27-10)13-5-15(23-7-16(13)24-18(17)21)19(26)25(2)8-12-4-3-11(20)6-22-12/h3-7,10H,8-9H2,1-2H3,(H2,21,24)/t10-/m0/s1. The number of halogens is 1. The lowest BCUT2D eigenvalue weighted by molar-refractivity contribution is 0.0776. The minimum Gasteiger partial charge on any atom is -0.383 e. The maximum atomic E-state index is 12.8. The Labute approximate surface area is 164 Å². The summed E-state index contributed by atoms with van der Waals surface area (Å²) in [7, 11) is 1.73. The molecule has 0 fully saturated rings. The summed E-state index contributed by atoms with van der Waals surface area (Å²) in [6.07, 6.45) is 3.20. The van der Waals surface area contributed by atoms with Gasteiger partial charge in [-0.3, -0.25) is 9.78 Å². The summed E-state index contributed by atoms with van der Waals surface area (Å²) < 4.78 is 6.60. The van der Waals surface area contributed by atoms with Gasteiger partial charge in [0.05, 0.1) is 36.7 Å². The molecule has 1 amide bonds. The molecule has 0 aromatic carbocycles. The predicted molar refractivity (Wildman–Crippen MR) is 105 cm³/mol. The lowest BCUT2D eigenvalue weighted by atomic mass is 10.0. The van der Waals surface area contributed by atoms with Gasteiger partial charge in [0.25, 0.3) is 5.91 Å². The van der Waals surface area contributed by atoms with E-state index in [1.807, 2.05) is 19.1 Å². The second kappa shape index (κ2) is 6.86. The molecule has 0 radical (unpaired) electrons. The van der Waals surface area contributed by atoms with Gasteiger partial charge >= 0.3 is 0 Å². The van der Waals surface area contributed by atoms with E-state index in [9.17, 15) is 4.79 Å². The first-order valence-electron chi connectivity index (χ1n) is 8.49. The molecule has 27 heavy (non-hydrogen) atoms. The number of hydrogen-bond acceptors (Lipinski definition) is 6. The molecule has 4 rings (SSSR count). The number of carbonyl (C=O) groups excluding carboxylic acids is 1. The summed E-state index contributed by atoms with van der Waals surface area (Å²) in [5.41, 5.74) is 9.77. The van der Waals surface area contributed by atoms with Gasteiger partial charge in [0.2, 0.25) is 0 Å². The first-order valence-corrected chi connectivity index (χ1v) is 9.29. The monoisotopic (exact) mass is 427 g/mol. The Bertz CT molecular complexity index is 1040. The highest BCUT2D eigenvalue weighted by atomic mass is 79.9. The maximum absolute atomic E-state index is 12.8. The Balaban J connectivity index is 1.66. The molecule has 0 unspecified atom stereocenters.